The highest BCUT2D eigenvalue weighted by atomic mass is 16.5. The van der Waals surface area contributed by atoms with Crippen LogP contribution >= 0.6 is 0 Å². The van der Waals surface area contributed by atoms with Gasteiger partial charge in [0.1, 0.15) is 11.5 Å². The van der Waals surface area contributed by atoms with Crippen LogP contribution < -0.4 is 4.74 Å². The van der Waals surface area contributed by atoms with Crippen molar-refractivity contribution in [3.05, 3.63) is 46.3 Å². The summed E-state index contributed by atoms with van der Waals surface area (Å²) in [4.78, 5) is 0. The van der Waals surface area contributed by atoms with Crippen molar-refractivity contribution in [1.82, 2.24) is 5.16 Å². The van der Waals surface area contributed by atoms with Gasteiger partial charge >= 0.3 is 0 Å². The van der Waals surface area contributed by atoms with E-state index in [-0.39, 0.29) is 0 Å². The van der Waals surface area contributed by atoms with Gasteiger partial charge in [0.15, 0.2) is 0 Å². The molecule has 4 nitrogen and oxygen atoms in total. The van der Waals surface area contributed by atoms with E-state index in [0.717, 1.165) is 54.0 Å². The van der Waals surface area contributed by atoms with Gasteiger partial charge in [0.05, 0.1) is 23.9 Å². The van der Waals surface area contributed by atoms with E-state index in [0.29, 0.717) is 12.2 Å². The first-order valence-electron chi connectivity index (χ1n) is 7.72. The number of rotatable bonds is 7. The molecule has 1 heterocycles. The lowest BCUT2D eigenvalue weighted by molar-refractivity contribution is 0.296. The van der Waals surface area contributed by atoms with Crippen LogP contribution in [-0.2, 0) is 12.8 Å². The number of benzene rings is 1. The molecule has 0 bridgehead atoms. The number of nitriles is 1. The molecule has 0 amide bonds. The zero-order valence-electron chi connectivity index (χ0n) is 13.5. The Kier molecular flexibility index (Phi) is 5.60. The normalized spacial score (nSPS) is 10.5. The molecule has 0 fully saturated rings. The largest absolute Gasteiger partial charge is 0.493 e. The second-order valence-corrected chi connectivity index (χ2v) is 5.54. The van der Waals surface area contributed by atoms with Gasteiger partial charge in [-0.2, -0.15) is 5.26 Å². The highest BCUT2D eigenvalue weighted by Gasteiger charge is 2.07. The van der Waals surface area contributed by atoms with Crippen LogP contribution in [0.4, 0.5) is 0 Å². The molecule has 1 aromatic carbocycles. The number of nitrogens with zero attached hydrogens (tertiary/aromatic N) is 2. The highest BCUT2D eigenvalue weighted by molar-refractivity contribution is 5.47. The molecule has 116 valence electrons. The fraction of sp³-hybridized carbons (Fsp3) is 0.444. The topological polar surface area (TPSA) is 59.0 Å². The maximum Gasteiger partial charge on any atom is 0.137 e. The van der Waals surface area contributed by atoms with E-state index in [1.54, 1.807) is 0 Å². The maximum atomic E-state index is 8.95. The fourth-order valence-corrected chi connectivity index (χ4v) is 2.51. The van der Waals surface area contributed by atoms with Gasteiger partial charge in [-0.3, -0.25) is 0 Å². The Morgan fingerprint density at radius 1 is 1.18 bits per heavy atom. The number of ether oxygens (including phenoxy) is 1. The average molecular weight is 298 g/mol. The third-order valence-corrected chi connectivity index (χ3v) is 3.52. The van der Waals surface area contributed by atoms with E-state index >= 15 is 0 Å². The summed E-state index contributed by atoms with van der Waals surface area (Å²) in [6.07, 6.45) is 3.74. The smallest absolute Gasteiger partial charge is 0.137 e. The summed E-state index contributed by atoms with van der Waals surface area (Å²) in [7, 11) is 0. The van der Waals surface area contributed by atoms with Crippen molar-refractivity contribution >= 4 is 0 Å². The standard InChI is InChI=1S/C18H22N2O2/c1-4-6-16-11-17(22-20-16)7-5-8-21-18-13(2)9-15(12-19)10-14(18)3/h9-11H,4-8H2,1-3H3. The van der Waals surface area contributed by atoms with Crippen LogP contribution in [0.2, 0.25) is 0 Å². The number of hydrogen-bond acceptors (Lipinski definition) is 4. The first kappa shape index (κ1) is 16.1. The Labute approximate surface area is 131 Å². The second kappa shape index (κ2) is 7.65. The van der Waals surface area contributed by atoms with Crippen molar-refractivity contribution in [2.75, 3.05) is 6.61 Å². The SMILES string of the molecule is CCCc1cc(CCCOc2c(C)cc(C#N)cc2C)on1. The van der Waals surface area contributed by atoms with Crippen LogP contribution in [0, 0.1) is 25.2 Å². The molecule has 0 saturated heterocycles. The number of hydrogen-bond donors (Lipinski definition) is 0. The van der Waals surface area contributed by atoms with Crippen LogP contribution in [0.1, 0.15) is 47.9 Å². The van der Waals surface area contributed by atoms with Crippen molar-refractivity contribution in [3.8, 4) is 11.8 Å². The van der Waals surface area contributed by atoms with Crippen molar-refractivity contribution in [3.63, 3.8) is 0 Å². The molecule has 0 radical (unpaired) electrons. The molecule has 22 heavy (non-hydrogen) atoms. The van der Waals surface area contributed by atoms with E-state index in [4.69, 9.17) is 14.5 Å². The predicted molar refractivity (Wildman–Crippen MR) is 84.9 cm³/mol. The van der Waals surface area contributed by atoms with Crippen LogP contribution in [-0.4, -0.2) is 11.8 Å². The molecule has 0 N–H and O–H groups in total. The molecule has 2 rings (SSSR count). The summed E-state index contributed by atoms with van der Waals surface area (Å²) in [5.74, 6) is 1.79. The number of aromatic nitrogens is 1. The fourth-order valence-electron chi connectivity index (χ4n) is 2.51. The summed E-state index contributed by atoms with van der Waals surface area (Å²) in [6.45, 7) is 6.69. The van der Waals surface area contributed by atoms with Crippen molar-refractivity contribution in [2.24, 2.45) is 0 Å². The Balaban J connectivity index is 1.85. The zero-order chi connectivity index (χ0) is 15.9. The Morgan fingerprint density at radius 2 is 1.91 bits per heavy atom. The lowest BCUT2D eigenvalue weighted by Crippen LogP contribution is -2.02. The lowest BCUT2D eigenvalue weighted by Gasteiger charge is -2.12. The third-order valence-electron chi connectivity index (χ3n) is 3.52. The van der Waals surface area contributed by atoms with Crippen LogP contribution in [0.25, 0.3) is 0 Å². The van der Waals surface area contributed by atoms with Crippen molar-refractivity contribution in [1.29, 1.82) is 5.26 Å². The molecule has 0 unspecified atom stereocenters. The molecular weight excluding hydrogens is 276 g/mol. The van der Waals surface area contributed by atoms with Gasteiger partial charge in [-0.1, -0.05) is 18.5 Å². The molecule has 1 aromatic heterocycles. The summed E-state index contributed by atoms with van der Waals surface area (Å²) >= 11 is 0. The van der Waals surface area contributed by atoms with Crippen LogP contribution in [0.5, 0.6) is 5.75 Å². The summed E-state index contributed by atoms with van der Waals surface area (Å²) < 4.78 is 11.2. The van der Waals surface area contributed by atoms with E-state index < -0.39 is 0 Å². The molecular formula is C18H22N2O2. The molecule has 0 aliphatic rings. The van der Waals surface area contributed by atoms with E-state index in [9.17, 15) is 0 Å². The van der Waals surface area contributed by atoms with E-state index in [1.807, 2.05) is 32.0 Å². The van der Waals surface area contributed by atoms with Gasteiger partial charge in [-0.05, 0) is 49.9 Å². The molecule has 0 atom stereocenters. The molecule has 0 saturated carbocycles. The first-order valence-corrected chi connectivity index (χ1v) is 7.72. The minimum absolute atomic E-state index is 0.622. The predicted octanol–water partition coefficient (Wildman–Crippen LogP) is 4.13. The quantitative estimate of drug-likeness (QED) is 0.721. The Bertz CT molecular complexity index is 645. The Hall–Kier alpha value is -2.28. The van der Waals surface area contributed by atoms with Gasteiger partial charge < -0.3 is 9.26 Å². The van der Waals surface area contributed by atoms with E-state index in [2.05, 4.69) is 18.1 Å². The van der Waals surface area contributed by atoms with Crippen molar-refractivity contribution < 1.29 is 9.26 Å². The minimum atomic E-state index is 0.622. The van der Waals surface area contributed by atoms with Gasteiger partial charge in [-0.25, -0.2) is 0 Å². The van der Waals surface area contributed by atoms with Crippen LogP contribution in [0.3, 0.4) is 0 Å². The number of aryl methyl sites for hydroxylation is 4. The zero-order valence-corrected chi connectivity index (χ0v) is 13.5. The summed E-state index contributed by atoms with van der Waals surface area (Å²) in [5, 5.41) is 13.0. The van der Waals surface area contributed by atoms with Gasteiger partial charge in [0.2, 0.25) is 0 Å². The van der Waals surface area contributed by atoms with Crippen molar-refractivity contribution in [2.45, 2.75) is 46.5 Å². The first-order chi connectivity index (χ1) is 10.6. The molecule has 2 aromatic rings. The molecule has 0 aliphatic carbocycles. The van der Waals surface area contributed by atoms with Gasteiger partial charge in [0, 0.05) is 12.5 Å². The monoisotopic (exact) mass is 298 g/mol. The van der Waals surface area contributed by atoms with Crippen LogP contribution in [0.15, 0.2) is 22.7 Å². The maximum absolute atomic E-state index is 8.95. The highest BCUT2D eigenvalue weighted by Crippen LogP contribution is 2.24. The molecule has 0 aliphatic heterocycles. The summed E-state index contributed by atoms with van der Waals surface area (Å²) in [6, 6.07) is 7.91. The van der Waals surface area contributed by atoms with Gasteiger partial charge in [0.25, 0.3) is 0 Å². The van der Waals surface area contributed by atoms with E-state index in [1.165, 1.54) is 0 Å². The van der Waals surface area contributed by atoms with Gasteiger partial charge in [-0.15, -0.1) is 0 Å². The second-order valence-electron chi connectivity index (χ2n) is 5.54. The minimum Gasteiger partial charge on any atom is -0.493 e. The molecule has 0 spiro atoms. The average Bonchev–Trinajstić information content (AvgIpc) is 2.93. The Morgan fingerprint density at radius 3 is 2.55 bits per heavy atom. The molecule has 4 heteroatoms. The lowest BCUT2D eigenvalue weighted by atomic mass is 10.1. The summed E-state index contributed by atoms with van der Waals surface area (Å²) in [5.41, 5.74) is 3.70. The third kappa shape index (κ3) is 4.11.